The normalized spacial score (nSPS) is 23.8. The molecule has 2 fully saturated rings. The predicted molar refractivity (Wildman–Crippen MR) is 96.2 cm³/mol. The molecular weight excluding hydrogens is 296 g/mol. The van der Waals surface area contributed by atoms with Crippen LogP contribution in [0.3, 0.4) is 0 Å². The average Bonchev–Trinajstić information content (AvgIpc) is 3.30. The minimum atomic E-state index is 0.863. The van der Waals surface area contributed by atoms with Crippen molar-refractivity contribution in [3.05, 3.63) is 60.4 Å². The van der Waals surface area contributed by atoms with E-state index < -0.39 is 0 Å². The summed E-state index contributed by atoms with van der Waals surface area (Å²) in [5.74, 6) is 1.73. The molecule has 5 rings (SSSR count). The smallest absolute Gasteiger partial charge is 0.100 e. The molecule has 0 saturated carbocycles. The Labute approximate surface area is 142 Å². The molecule has 0 spiro atoms. The van der Waals surface area contributed by atoms with E-state index in [9.17, 15) is 0 Å². The van der Waals surface area contributed by atoms with E-state index in [0.717, 1.165) is 29.4 Å². The Balaban J connectivity index is 1.34. The maximum atomic E-state index is 4.48. The number of para-hydroxylation sites is 2. The first-order valence-corrected chi connectivity index (χ1v) is 8.81. The first kappa shape index (κ1) is 14.2. The third-order valence-electron chi connectivity index (χ3n) is 5.54. The fraction of sp³-hybridized carbons (Fsp3) is 0.350. The van der Waals surface area contributed by atoms with Crippen molar-refractivity contribution in [2.24, 2.45) is 11.8 Å². The Morgan fingerprint density at radius 2 is 1.71 bits per heavy atom. The number of rotatable bonds is 3. The summed E-state index contributed by atoms with van der Waals surface area (Å²) in [6, 6.07) is 17.2. The van der Waals surface area contributed by atoms with Crippen molar-refractivity contribution in [3.8, 4) is 5.69 Å². The van der Waals surface area contributed by atoms with Crippen LogP contribution in [0, 0.1) is 11.8 Å². The monoisotopic (exact) mass is 318 g/mol. The van der Waals surface area contributed by atoms with Gasteiger partial charge in [0.15, 0.2) is 0 Å². The molecular formula is C20H22N4. The Morgan fingerprint density at radius 3 is 2.50 bits per heavy atom. The zero-order chi connectivity index (χ0) is 15.9. The quantitative estimate of drug-likeness (QED) is 0.806. The number of hydrogen-bond donors (Lipinski definition) is 1. The van der Waals surface area contributed by atoms with Crippen LogP contribution in [0.5, 0.6) is 0 Å². The average molecular weight is 318 g/mol. The van der Waals surface area contributed by atoms with Gasteiger partial charge in [0.2, 0.25) is 0 Å². The van der Waals surface area contributed by atoms with E-state index in [4.69, 9.17) is 0 Å². The summed E-state index contributed by atoms with van der Waals surface area (Å²) in [5, 5.41) is 3.51. The van der Waals surface area contributed by atoms with E-state index in [-0.39, 0.29) is 0 Å². The summed E-state index contributed by atoms with van der Waals surface area (Å²) < 4.78 is 2.16. The molecule has 1 aromatic heterocycles. The first-order chi connectivity index (χ1) is 11.9. The van der Waals surface area contributed by atoms with Gasteiger partial charge in [-0.2, -0.15) is 0 Å². The van der Waals surface area contributed by atoms with E-state index in [1.807, 2.05) is 12.4 Å². The molecule has 2 aliphatic rings. The molecule has 0 radical (unpaired) electrons. The van der Waals surface area contributed by atoms with Crippen LogP contribution in [0.4, 0.5) is 0 Å². The molecule has 2 saturated heterocycles. The van der Waals surface area contributed by atoms with E-state index in [2.05, 4.69) is 62.2 Å². The van der Waals surface area contributed by atoms with Gasteiger partial charge in [-0.25, -0.2) is 4.98 Å². The number of likely N-dealkylation sites (tertiary alicyclic amines) is 1. The number of nitrogens with zero attached hydrogens (tertiary/aromatic N) is 3. The fourth-order valence-corrected chi connectivity index (χ4v) is 4.27. The summed E-state index contributed by atoms with van der Waals surface area (Å²) in [6.07, 6.45) is 1.91. The van der Waals surface area contributed by atoms with Gasteiger partial charge in [-0.15, -0.1) is 0 Å². The molecule has 122 valence electrons. The summed E-state index contributed by atoms with van der Waals surface area (Å²) in [6.45, 7) is 5.96. The van der Waals surface area contributed by atoms with Crippen LogP contribution in [-0.2, 0) is 6.54 Å². The standard InChI is InChI=1S/C20H22N4/c1-2-4-20-19(3-1)22-14-24(20)18-7-5-15(6-8-18)11-23-12-16-9-21-10-17(16)13-23/h1-8,14,16-17,21H,9-13H2/t16-,17+. The molecule has 1 N–H and O–H groups in total. The summed E-state index contributed by atoms with van der Waals surface area (Å²) >= 11 is 0. The van der Waals surface area contributed by atoms with Gasteiger partial charge in [0, 0.05) is 25.3 Å². The number of hydrogen-bond acceptors (Lipinski definition) is 3. The number of imidazole rings is 1. The highest BCUT2D eigenvalue weighted by molar-refractivity contribution is 5.77. The van der Waals surface area contributed by atoms with Gasteiger partial charge in [0.05, 0.1) is 11.0 Å². The highest BCUT2D eigenvalue weighted by Gasteiger charge is 2.35. The molecule has 2 atom stereocenters. The summed E-state index contributed by atoms with van der Waals surface area (Å²) in [7, 11) is 0. The lowest BCUT2D eigenvalue weighted by Gasteiger charge is -2.17. The molecule has 0 bridgehead atoms. The SMILES string of the molecule is c1ccc2c(c1)ncn2-c1ccc(CN2C[C@H]3CNC[C@H]3C2)cc1. The van der Waals surface area contributed by atoms with Crippen LogP contribution in [0.1, 0.15) is 5.56 Å². The van der Waals surface area contributed by atoms with Crippen molar-refractivity contribution >= 4 is 11.0 Å². The fourth-order valence-electron chi connectivity index (χ4n) is 4.27. The molecule has 0 amide bonds. The molecule has 0 unspecified atom stereocenters. The Morgan fingerprint density at radius 1 is 0.958 bits per heavy atom. The molecule has 0 aliphatic carbocycles. The van der Waals surface area contributed by atoms with Crippen molar-refractivity contribution in [3.63, 3.8) is 0 Å². The molecule has 2 aliphatic heterocycles. The Hall–Kier alpha value is -2.17. The molecule has 24 heavy (non-hydrogen) atoms. The van der Waals surface area contributed by atoms with Crippen molar-refractivity contribution < 1.29 is 0 Å². The number of nitrogens with one attached hydrogen (secondary N) is 1. The molecule has 4 nitrogen and oxygen atoms in total. The highest BCUT2D eigenvalue weighted by atomic mass is 15.2. The third kappa shape index (κ3) is 2.43. The van der Waals surface area contributed by atoms with E-state index in [1.165, 1.54) is 37.4 Å². The van der Waals surface area contributed by atoms with Gasteiger partial charge < -0.3 is 5.32 Å². The van der Waals surface area contributed by atoms with Crippen LogP contribution in [-0.4, -0.2) is 40.6 Å². The van der Waals surface area contributed by atoms with Crippen LogP contribution in [0.25, 0.3) is 16.7 Å². The lowest BCUT2D eigenvalue weighted by Crippen LogP contribution is -2.25. The van der Waals surface area contributed by atoms with Crippen LogP contribution < -0.4 is 5.32 Å². The highest BCUT2D eigenvalue weighted by Crippen LogP contribution is 2.27. The molecule has 3 heterocycles. The number of aromatic nitrogens is 2. The molecule has 2 aromatic carbocycles. The van der Waals surface area contributed by atoms with Gasteiger partial charge in [-0.3, -0.25) is 9.47 Å². The van der Waals surface area contributed by atoms with Crippen molar-refractivity contribution in [1.29, 1.82) is 0 Å². The van der Waals surface area contributed by atoms with Crippen molar-refractivity contribution in [2.75, 3.05) is 26.2 Å². The summed E-state index contributed by atoms with van der Waals surface area (Å²) in [5.41, 5.74) is 4.77. The molecule has 3 aromatic rings. The second-order valence-electron chi connectivity index (χ2n) is 7.14. The number of fused-ring (bicyclic) bond motifs is 2. The van der Waals surface area contributed by atoms with E-state index in [0.29, 0.717) is 0 Å². The van der Waals surface area contributed by atoms with Gasteiger partial charge in [0.1, 0.15) is 6.33 Å². The second-order valence-corrected chi connectivity index (χ2v) is 7.14. The Kier molecular flexibility index (Phi) is 3.39. The van der Waals surface area contributed by atoms with Crippen molar-refractivity contribution in [1.82, 2.24) is 19.8 Å². The maximum absolute atomic E-state index is 4.48. The van der Waals surface area contributed by atoms with Gasteiger partial charge in [0.25, 0.3) is 0 Å². The van der Waals surface area contributed by atoms with Gasteiger partial charge in [-0.05, 0) is 54.8 Å². The van der Waals surface area contributed by atoms with E-state index in [1.54, 1.807) is 0 Å². The number of benzene rings is 2. The lowest BCUT2D eigenvalue weighted by atomic mass is 10.0. The van der Waals surface area contributed by atoms with Crippen LogP contribution in [0.2, 0.25) is 0 Å². The van der Waals surface area contributed by atoms with Gasteiger partial charge in [-0.1, -0.05) is 24.3 Å². The van der Waals surface area contributed by atoms with Gasteiger partial charge >= 0.3 is 0 Å². The zero-order valence-corrected chi connectivity index (χ0v) is 13.7. The Bertz CT molecular complexity index is 839. The van der Waals surface area contributed by atoms with Crippen molar-refractivity contribution in [2.45, 2.75) is 6.54 Å². The minimum absolute atomic E-state index is 0.863. The second kappa shape index (κ2) is 5.72. The largest absolute Gasteiger partial charge is 0.316 e. The first-order valence-electron chi connectivity index (χ1n) is 8.81. The zero-order valence-electron chi connectivity index (χ0n) is 13.7. The third-order valence-corrected chi connectivity index (χ3v) is 5.54. The topological polar surface area (TPSA) is 33.1 Å². The van der Waals surface area contributed by atoms with Crippen LogP contribution >= 0.6 is 0 Å². The lowest BCUT2D eigenvalue weighted by molar-refractivity contribution is 0.305. The van der Waals surface area contributed by atoms with E-state index >= 15 is 0 Å². The predicted octanol–water partition coefficient (Wildman–Crippen LogP) is 2.68. The molecule has 4 heteroatoms. The summed E-state index contributed by atoms with van der Waals surface area (Å²) in [4.78, 5) is 7.09. The maximum Gasteiger partial charge on any atom is 0.100 e. The minimum Gasteiger partial charge on any atom is -0.316 e. The van der Waals surface area contributed by atoms with Crippen LogP contribution in [0.15, 0.2) is 54.9 Å².